The second kappa shape index (κ2) is 9.85. The summed E-state index contributed by atoms with van der Waals surface area (Å²) in [5, 5.41) is 16.6. The highest BCUT2D eigenvalue weighted by atomic mass is 19.1. The van der Waals surface area contributed by atoms with Crippen molar-refractivity contribution in [2.45, 2.75) is 32.4 Å². The van der Waals surface area contributed by atoms with Gasteiger partial charge in [-0.05, 0) is 38.5 Å². The molecular weight excluding hydrogens is 335 g/mol. The molecule has 0 aromatic heterocycles. The number of halogens is 1. The highest BCUT2D eigenvalue weighted by Crippen LogP contribution is 2.16. The molecule has 1 fully saturated rings. The number of ether oxygens (including phenoxy) is 1. The Kier molecular flexibility index (Phi) is 7.81. The van der Waals surface area contributed by atoms with E-state index in [1.165, 1.54) is 12.1 Å². The number of nitrogens with one attached hydrogen (secondary N) is 2. The third-order valence-corrected chi connectivity index (χ3v) is 4.55. The van der Waals surface area contributed by atoms with Crippen LogP contribution in [0.4, 0.5) is 4.39 Å². The number of aliphatic imine (C=N–C) groups is 1. The van der Waals surface area contributed by atoms with Gasteiger partial charge in [-0.1, -0.05) is 12.1 Å². The van der Waals surface area contributed by atoms with Crippen LogP contribution >= 0.6 is 0 Å². The van der Waals surface area contributed by atoms with Gasteiger partial charge in [-0.3, -0.25) is 9.89 Å². The minimum absolute atomic E-state index is 0.0678. The van der Waals surface area contributed by atoms with Crippen LogP contribution in [0.1, 0.15) is 32.4 Å². The molecule has 0 saturated carbocycles. The van der Waals surface area contributed by atoms with Gasteiger partial charge in [0.05, 0.1) is 25.9 Å². The minimum atomic E-state index is -0.730. The van der Waals surface area contributed by atoms with Crippen LogP contribution < -0.4 is 10.6 Å². The van der Waals surface area contributed by atoms with Crippen LogP contribution in [0.5, 0.6) is 0 Å². The van der Waals surface area contributed by atoms with Gasteiger partial charge < -0.3 is 20.5 Å². The molecule has 1 heterocycles. The lowest BCUT2D eigenvalue weighted by Crippen LogP contribution is -2.52. The lowest BCUT2D eigenvalue weighted by Gasteiger charge is -2.39. The highest BCUT2D eigenvalue weighted by Gasteiger charge is 2.28. The SMILES string of the molecule is CCNC(=NCC(C)(C)N1CCOCC1)NCC(O)c1ccc(F)cc1. The van der Waals surface area contributed by atoms with Crippen molar-refractivity contribution in [2.75, 3.05) is 45.9 Å². The van der Waals surface area contributed by atoms with Crippen LogP contribution in [-0.4, -0.2) is 67.4 Å². The molecule has 3 N–H and O–H groups in total. The Labute approximate surface area is 155 Å². The molecule has 0 spiro atoms. The first-order chi connectivity index (χ1) is 12.4. The Morgan fingerprint density at radius 2 is 1.92 bits per heavy atom. The second-order valence-corrected chi connectivity index (χ2v) is 7.06. The maximum atomic E-state index is 13.0. The van der Waals surface area contributed by atoms with E-state index < -0.39 is 6.10 Å². The number of benzene rings is 1. The van der Waals surface area contributed by atoms with E-state index in [2.05, 4.69) is 34.4 Å². The normalized spacial score (nSPS) is 17.8. The summed E-state index contributed by atoms with van der Waals surface area (Å²) in [7, 11) is 0. The summed E-state index contributed by atoms with van der Waals surface area (Å²) in [5.41, 5.74) is 0.602. The number of rotatable bonds is 7. The summed E-state index contributed by atoms with van der Waals surface area (Å²) in [6.45, 7) is 11.4. The topological polar surface area (TPSA) is 69.1 Å². The Morgan fingerprint density at radius 3 is 2.54 bits per heavy atom. The van der Waals surface area contributed by atoms with Crippen LogP contribution in [0.15, 0.2) is 29.3 Å². The molecule has 1 atom stereocenters. The van der Waals surface area contributed by atoms with Crippen molar-refractivity contribution < 1.29 is 14.2 Å². The number of hydrogen-bond acceptors (Lipinski definition) is 4. The summed E-state index contributed by atoms with van der Waals surface area (Å²) >= 11 is 0. The molecule has 0 aliphatic carbocycles. The van der Waals surface area contributed by atoms with Crippen molar-refractivity contribution in [1.29, 1.82) is 0 Å². The first kappa shape index (κ1) is 20.6. The van der Waals surface area contributed by atoms with Gasteiger partial charge in [0.1, 0.15) is 5.82 Å². The van der Waals surface area contributed by atoms with Gasteiger partial charge in [-0.15, -0.1) is 0 Å². The first-order valence-electron chi connectivity index (χ1n) is 9.21. The zero-order valence-electron chi connectivity index (χ0n) is 16.0. The summed E-state index contributed by atoms with van der Waals surface area (Å²) in [6, 6.07) is 5.88. The van der Waals surface area contributed by atoms with Gasteiger partial charge in [0.15, 0.2) is 5.96 Å². The molecular formula is C19H31FN4O2. The number of aliphatic hydroxyl groups excluding tert-OH is 1. The molecule has 1 saturated heterocycles. The summed E-state index contributed by atoms with van der Waals surface area (Å²) in [5.74, 6) is 0.351. The Morgan fingerprint density at radius 1 is 1.27 bits per heavy atom. The van der Waals surface area contributed by atoms with Gasteiger partial charge in [-0.2, -0.15) is 0 Å². The van der Waals surface area contributed by atoms with Gasteiger partial charge in [0.2, 0.25) is 0 Å². The molecule has 7 heteroatoms. The molecule has 6 nitrogen and oxygen atoms in total. The van der Waals surface area contributed by atoms with Crippen molar-refractivity contribution in [3.63, 3.8) is 0 Å². The largest absolute Gasteiger partial charge is 0.387 e. The van der Waals surface area contributed by atoms with Gasteiger partial charge in [-0.25, -0.2) is 4.39 Å². The lowest BCUT2D eigenvalue weighted by atomic mass is 10.0. The maximum absolute atomic E-state index is 13.0. The molecule has 1 unspecified atom stereocenters. The van der Waals surface area contributed by atoms with E-state index in [1.54, 1.807) is 12.1 Å². The molecule has 1 aliphatic rings. The number of guanidine groups is 1. The number of hydrogen-bond donors (Lipinski definition) is 3. The number of morpholine rings is 1. The van der Waals surface area contributed by atoms with E-state index in [9.17, 15) is 9.50 Å². The van der Waals surface area contributed by atoms with E-state index in [4.69, 9.17) is 4.74 Å². The maximum Gasteiger partial charge on any atom is 0.191 e. The van der Waals surface area contributed by atoms with Crippen molar-refractivity contribution in [1.82, 2.24) is 15.5 Å². The van der Waals surface area contributed by atoms with Crippen LogP contribution in [0.2, 0.25) is 0 Å². The Hall–Kier alpha value is -1.70. The Balaban J connectivity index is 1.91. The average Bonchev–Trinajstić information content (AvgIpc) is 2.65. The molecule has 0 amide bonds. The molecule has 0 radical (unpaired) electrons. The third-order valence-electron chi connectivity index (χ3n) is 4.55. The van der Waals surface area contributed by atoms with E-state index >= 15 is 0 Å². The van der Waals surface area contributed by atoms with Crippen LogP contribution in [0, 0.1) is 5.82 Å². The summed E-state index contributed by atoms with van der Waals surface area (Å²) in [6.07, 6.45) is -0.730. The highest BCUT2D eigenvalue weighted by molar-refractivity contribution is 5.79. The first-order valence-corrected chi connectivity index (χ1v) is 9.21. The molecule has 0 bridgehead atoms. The molecule has 26 heavy (non-hydrogen) atoms. The fourth-order valence-corrected chi connectivity index (χ4v) is 2.88. The molecule has 1 aromatic carbocycles. The zero-order valence-corrected chi connectivity index (χ0v) is 16.0. The predicted molar refractivity (Wildman–Crippen MR) is 102 cm³/mol. The fourth-order valence-electron chi connectivity index (χ4n) is 2.88. The Bertz CT molecular complexity index is 571. The summed E-state index contributed by atoms with van der Waals surface area (Å²) < 4.78 is 18.4. The number of nitrogens with zero attached hydrogens (tertiary/aromatic N) is 2. The van der Waals surface area contributed by atoms with Crippen molar-refractivity contribution >= 4 is 5.96 Å². The smallest absolute Gasteiger partial charge is 0.191 e. The summed E-state index contributed by atoms with van der Waals surface area (Å²) in [4.78, 5) is 7.07. The van der Waals surface area contributed by atoms with E-state index in [1.807, 2.05) is 6.92 Å². The average molecular weight is 366 g/mol. The third kappa shape index (κ3) is 6.23. The molecule has 146 valence electrons. The second-order valence-electron chi connectivity index (χ2n) is 7.06. The minimum Gasteiger partial charge on any atom is -0.387 e. The molecule has 2 rings (SSSR count). The zero-order chi connectivity index (χ0) is 19.0. The van der Waals surface area contributed by atoms with E-state index in [-0.39, 0.29) is 11.4 Å². The van der Waals surface area contributed by atoms with Gasteiger partial charge in [0, 0.05) is 31.7 Å². The molecule has 1 aromatic rings. The van der Waals surface area contributed by atoms with E-state index in [0.717, 1.165) is 32.8 Å². The van der Waals surface area contributed by atoms with Crippen molar-refractivity contribution in [3.8, 4) is 0 Å². The van der Waals surface area contributed by atoms with Gasteiger partial charge >= 0.3 is 0 Å². The predicted octanol–water partition coefficient (Wildman–Crippen LogP) is 1.53. The van der Waals surface area contributed by atoms with Crippen molar-refractivity contribution in [2.24, 2.45) is 4.99 Å². The number of aliphatic hydroxyl groups is 1. The lowest BCUT2D eigenvalue weighted by molar-refractivity contribution is -0.00684. The van der Waals surface area contributed by atoms with Crippen LogP contribution in [0.25, 0.3) is 0 Å². The molecule has 1 aliphatic heterocycles. The quantitative estimate of drug-likeness (QED) is 0.504. The van der Waals surface area contributed by atoms with Gasteiger partial charge in [0.25, 0.3) is 0 Å². The van der Waals surface area contributed by atoms with Crippen LogP contribution in [0.3, 0.4) is 0 Å². The standard InChI is InChI=1S/C19H31FN4O2/c1-4-21-18(22-13-17(25)15-5-7-16(20)8-6-15)23-14-19(2,3)24-9-11-26-12-10-24/h5-8,17,25H,4,9-14H2,1-3H3,(H2,21,22,23). The van der Waals surface area contributed by atoms with Crippen LogP contribution in [-0.2, 0) is 4.74 Å². The monoisotopic (exact) mass is 366 g/mol. The fraction of sp³-hybridized carbons (Fsp3) is 0.632. The van der Waals surface area contributed by atoms with E-state index in [0.29, 0.717) is 24.6 Å². The van der Waals surface area contributed by atoms with Crippen molar-refractivity contribution in [3.05, 3.63) is 35.6 Å².